The molecule has 0 amide bonds. The minimum Gasteiger partial charge on any atom is -0.369 e. The molecule has 0 radical (unpaired) electrons. The van der Waals surface area contributed by atoms with E-state index >= 15 is 0 Å². The van der Waals surface area contributed by atoms with Gasteiger partial charge in [0, 0.05) is 19.5 Å². The average Bonchev–Trinajstić information content (AvgIpc) is 3.08. The summed E-state index contributed by atoms with van der Waals surface area (Å²) in [6, 6.07) is 22.8. The summed E-state index contributed by atoms with van der Waals surface area (Å²) in [5, 5.41) is 0. The highest BCUT2D eigenvalue weighted by Crippen LogP contribution is 2.32. The first-order valence-corrected chi connectivity index (χ1v) is 8.74. The molecule has 0 spiro atoms. The molecule has 130 valence electrons. The molecule has 0 saturated carbocycles. The summed E-state index contributed by atoms with van der Waals surface area (Å²) >= 11 is 0. The van der Waals surface area contributed by atoms with Crippen molar-refractivity contribution < 1.29 is 4.74 Å². The molecule has 0 aliphatic heterocycles. The van der Waals surface area contributed by atoms with Crippen molar-refractivity contribution in [1.29, 1.82) is 0 Å². The largest absolute Gasteiger partial charge is 0.369 e. The number of hydrogen-bond acceptors (Lipinski definition) is 3. The fourth-order valence-electron chi connectivity index (χ4n) is 3.46. The van der Waals surface area contributed by atoms with Gasteiger partial charge in [0.25, 0.3) is 0 Å². The SMILES string of the molecule is COC(c1ccncc1)c1nc2ccccc2n1C(C)c1ccccc1. The summed E-state index contributed by atoms with van der Waals surface area (Å²) in [5.74, 6) is 0.899. The summed E-state index contributed by atoms with van der Waals surface area (Å²) in [6.45, 7) is 2.20. The molecule has 0 saturated heterocycles. The molecule has 2 atom stereocenters. The Bertz CT molecular complexity index is 996. The molecule has 0 aliphatic carbocycles. The molecule has 2 unspecified atom stereocenters. The van der Waals surface area contributed by atoms with Gasteiger partial charge in [0.15, 0.2) is 0 Å². The first-order valence-electron chi connectivity index (χ1n) is 8.74. The van der Waals surface area contributed by atoms with Crippen molar-refractivity contribution in [3.63, 3.8) is 0 Å². The third-order valence-electron chi connectivity index (χ3n) is 4.77. The molecule has 4 rings (SSSR count). The molecule has 4 nitrogen and oxygen atoms in total. The van der Waals surface area contributed by atoms with E-state index in [1.54, 1.807) is 19.5 Å². The van der Waals surface area contributed by atoms with Crippen molar-refractivity contribution in [2.24, 2.45) is 0 Å². The van der Waals surface area contributed by atoms with E-state index < -0.39 is 0 Å². The van der Waals surface area contributed by atoms with Gasteiger partial charge in [0.05, 0.1) is 17.1 Å². The van der Waals surface area contributed by atoms with Gasteiger partial charge in [-0.25, -0.2) is 4.98 Å². The van der Waals surface area contributed by atoms with Gasteiger partial charge >= 0.3 is 0 Å². The molecule has 0 fully saturated rings. The lowest BCUT2D eigenvalue weighted by molar-refractivity contribution is 0.125. The van der Waals surface area contributed by atoms with Gasteiger partial charge in [0.2, 0.25) is 0 Å². The quantitative estimate of drug-likeness (QED) is 0.524. The lowest BCUT2D eigenvalue weighted by Gasteiger charge is -2.22. The number of para-hydroxylation sites is 2. The van der Waals surface area contributed by atoms with Crippen LogP contribution in [0, 0.1) is 0 Å². The van der Waals surface area contributed by atoms with Crippen molar-refractivity contribution in [1.82, 2.24) is 14.5 Å². The topological polar surface area (TPSA) is 39.9 Å². The van der Waals surface area contributed by atoms with Gasteiger partial charge < -0.3 is 9.30 Å². The van der Waals surface area contributed by atoms with Crippen molar-refractivity contribution in [3.8, 4) is 0 Å². The Kier molecular flexibility index (Phi) is 4.50. The highest BCUT2D eigenvalue weighted by atomic mass is 16.5. The van der Waals surface area contributed by atoms with Crippen LogP contribution in [0.4, 0.5) is 0 Å². The van der Waals surface area contributed by atoms with Crippen LogP contribution < -0.4 is 0 Å². The number of benzene rings is 2. The highest BCUT2D eigenvalue weighted by Gasteiger charge is 2.24. The third-order valence-corrected chi connectivity index (χ3v) is 4.77. The number of pyridine rings is 1. The number of methoxy groups -OCH3 is 1. The van der Waals surface area contributed by atoms with Crippen LogP contribution >= 0.6 is 0 Å². The zero-order valence-corrected chi connectivity index (χ0v) is 14.9. The molecule has 26 heavy (non-hydrogen) atoms. The van der Waals surface area contributed by atoms with E-state index in [0.29, 0.717) is 0 Å². The van der Waals surface area contributed by atoms with E-state index in [9.17, 15) is 0 Å². The second-order valence-corrected chi connectivity index (χ2v) is 6.31. The van der Waals surface area contributed by atoms with Crippen molar-refractivity contribution in [2.45, 2.75) is 19.1 Å². The fraction of sp³-hybridized carbons (Fsp3) is 0.182. The summed E-state index contributed by atoms with van der Waals surface area (Å²) in [5.41, 5.74) is 4.36. The van der Waals surface area contributed by atoms with E-state index in [2.05, 4.69) is 52.9 Å². The van der Waals surface area contributed by atoms with E-state index in [0.717, 1.165) is 22.4 Å². The molecular weight excluding hydrogens is 322 g/mol. The molecule has 0 aliphatic rings. The lowest BCUT2D eigenvalue weighted by atomic mass is 10.1. The predicted molar refractivity (Wildman–Crippen MR) is 103 cm³/mol. The number of aromatic nitrogens is 3. The normalized spacial score (nSPS) is 13.6. The maximum absolute atomic E-state index is 5.87. The number of nitrogens with zero attached hydrogens (tertiary/aromatic N) is 3. The summed E-state index contributed by atoms with van der Waals surface area (Å²) in [7, 11) is 1.72. The van der Waals surface area contributed by atoms with Crippen LogP contribution in [-0.4, -0.2) is 21.6 Å². The summed E-state index contributed by atoms with van der Waals surface area (Å²) in [6.07, 6.45) is 3.32. The Labute approximate surface area is 153 Å². The van der Waals surface area contributed by atoms with Crippen LogP contribution in [0.3, 0.4) is 0 Å². The maximum Gasteiger partial charge on any atom is 0.144 e. The third kappa shape index (κ3) is 2.89. The van der Waals surface area contributed by atoms with Gasteiger partial charge in [-0.2, -0.15) is 0 Å². The van der Waals surface area contributed by atoms with Crippen LogP contribution in [0.15, 0.2) is 79.1 Å². The highest BCUT2D eigenvalue weighted by molar-refractivity contribution is 5.76. The van der Waals surface area contributed by atoms with E-state index in [4.69, 9.17) is 9.72 Å². The van der Waals surface area contributed by atoms with Crippen LogP contribution in [-0.2, 0) is 4.74 Å². The van der Waals surface area contributed by atoms with Gasteiger partial charge in [-0.1, -0.05) is 42.5 Å². The van der Waals surface area contributed by atoms with Crippen LogP contribution in [0.1, 0.15) is 36.0 Å². The summed E-state index contributed by atoms with van der Waals surface area (Å²) in [4.78, 5) is 9.05. The Morgan fingerprint density at radius 2 is 1.54 bits per heavy atom. The fourth-order valence-corrected chi connectivity index (χ4v) is 3.46. The molecular formula is C22H21N3O. The first kappa shape index (κ1) is 16.5. The Balaban J connectivity index is 1.92. The number of imidazole rings is 1. The minimum absolute atomic E-state index is 0.137. The van der Waals surface area contributed by atoms with Crippen molar-refractivity contribution in [2.75, 3.05) is 7.11 Å². The predicted octanol–water partition coefficient (Wildman–Crippen LogP) is 4.78. The van der Waals surface area contributed by atoms with E-state index in [1.165, 1.54) is 5.56 Å². The molecule has 2 aromatic carbocycles. The molecule has 0 N–H and O–H groups in total. The zero-order chi connectivity index (χ0) is 17.9. The van der Waals surface area contributed by atoms with Gasteiger partial charge in [-0.05, 0) is 42.3 Å². The zero-order valence-electron chi connectivity index (χ0n) is 14.9. The van der Waals surface area contributed by atoms with E-state index in [1.807, 2.05) is 30.3 Å². The smallest absolute Gasteiger partial charge is 0.144 e. The molecule has 4 heteroatoms. The average molecular weight is 343 g/mol. The molecule has 0 bridgehead atoms. The summed E-state index contributed by atoms with van der Waals surface area (Å²) < 4.78 is 8.14. The van der Waals surface area contributed by atoms with Gasteiger partial charge in [-0.15, -0.1) is 0 Å². The lowest BCUT2D eigenvalue weighted by Crippen LogP contribution is -2.16. The maximum atomic E-state index is 5.87. The Hall–Kier alpha value is -2.98. The monoisotopic (exact) mass is 343 g/mol. The number of rotatable bonds is 5. The molecule has 2 heterocycles. The van der Waals surface area contributed by atoms with Crippen LogP contribution in [0.5, 0.6) is 0 Å². The number of ether oxygens (including phenoxy) is 1. The second kappa shape index (κ2) is 7.10. The van der Waals surface area contributed by atoms with Gasteiger partial charge in [0.1, 0.15) is 11.9 Å². The minimum atomic E-state index is -0.253. The van der Waals surface area contributed by atoms with Crippen molar-refractivity contribution in [3.05, 3.63) is 96.1 Å². The van der Waals surface area contributed by atoms with Crippen LogP contribution in [0.25, 0.3) is 11.0 Å². The standard InChI is InChI=1S/C22H21N3O/c1-16(17-8-4-3-5-9-17)25-20-11-7-6-10-19(20)24-22(25)21(26-2)18-12-14-23-15-13-18/h3-16,21H,1-2H3. The Morgan fingerprint density at radius 1 is 0.846 bits per heavy atom. The molecule has 2 aromatic heterocycles. The van der Waals surface area contributed by atoms with E-state index in [-0.39, 0.29) is 12.1 Å². The first-order chi connectivity index (χ1) is 12.8. The second-order valence-electron chi connectivity index (χ2n) is 6.31. The van der Waals surface area contributed by atoms with Crippen LogP contribution in [0.2, 0.25) is 0 Å². The molecule has 4 aromatic rings. The van der Waals surface area contributed by atoms with Gasteiger partial charge in [-0.3, -0.25) is 4.98 Å². The number of hydrogen-bond donors (Lipinski definition) is 0. The number of fused-ring (bicyclic) bond motifs is 1. The Morgan fingerprint density at radius 3 is 2.27 bits per heavy atom. The van der Waals surface area contributed by atoms with Crippen molar-refractivity contribution >= 4 is 11.0 Å².